The molecule has 2 aromatic rings. The Kier molecular flexibility index (Phi) is 4.62. The van der Waals surface area contributed by atoms with E-state index in [0.717, 1.165) is 28.2 Å². The second kappa shape index (κ2) is 7.06. The van der Waals surface area contributed by atoms with Gasteiger partial charge >= 0.3 is 0 Å². The van der Waals surface area contributed by atoms with Crippen LogP contribution < -0.4 is 5.32 Å². The van der Waals surface area contributed by atoms with Crippen molar-refractivity contribution in [3.8, 4) is 0 Å². The number of aliphatic imine (C=N–C) groups is 2. The number of rotatable bonds is 2. The first-order valence-electron chi connectivity index (χ1n) is 8.26. The number of amides is 1. The van der Waals surface area contributed by atoms with Gasteiger partial charge in [-0.3, -0.25) is 9.79 Å². The second-order valence-electron chi connectivity index (χ2n) is 6.15. The van der Waals surface area contributed by atoms with Crippen molar-refractivity contribution in [2.45, 2.75) is 18.9 Å². The third-order valence-electron chi connectivity index (χ3n) is 4.42. The number of para-hydroxylation sites is 2. The van der Waals surface area contributed by atoms with E-state index in [-0.39, 0.29) is 17.0 Å². The molecule has 130 valence electrons. The molecule has 0 bridgehead atoms. The van der Waals surface area contributed by atoms with E-state index in [1.54, 1.807) is 0 Å². The van der Waals surface area contributed by atoms with Crippen molar-refractivity contribution in [2.24, 2.45) is 9.98 Å². The van der Waals surface area contributed by atoms with Gasteiger partial charge in [-0.1, -0.05) is 65.7 Å². The largest absolute Gasteiger partial charge is 0.343 e. The quantitative estimate of drug-likeness (QED) is 0.781. The number of carbonyl (C=O) groups excluding carboxylic acids is 1. The zero-order chi connectivity index (χ0) is 18.1. The van der Waals surface area contributed by atoms with E-state index in [1.807, 2.05) is 54.6 Å². The molecule has 0 radical (unpaired) electrons. The molecule has 4 rings (SSSR count). The maximum atomic E-state index is 12.4. The van der Waals surface area contributed by atoms with Crippen LogP contribution in [0.4, 0.5) is 11.4 Å². The molecule has 0 aromatic heterocycles. The van der Waals surface area contributed by atoms with Gasteiger partial charge in [0.25, 0.3) is 5.91 Å². The van der Waals surface area contributed by atoms with Gasteiger partial charge in [0.2, 0.25) is 0 Å². The number of hydrogen-bond acceptors (Lipinski definition) is 3. The molecule has 0 saturated heterocycles. The number of hydrogen-bond donors (Lipinski definition) is 1. The van der Waals surface area contributed by atoms with Crippen molar-refractivity contribution >= 4 is 56.9 Å². The van der Waals surface area contributed by atoms with Gasteiger partial charge in [0.05, 0.1) is 17.4 Å². The Morgan fingerprint density at radius 1 is 0.923 bits per heavy atom. The van der Waals surface area contributed by atoms with Crippen LogP contribution in [0.3, 0.4) is 0 Å². The predicted molar refractivity (Wildman–Crippen MR) is 107 cm³/mol. The number of carbonyl (C=O) groups is 1. The van der Waals surface area contributed by atoms with E-state index in [9.17, 15) is 4.79 Å². The van der Waals surface area contributed by atoms with Gasteiger partial charge in [-0.15, -0.1) is 0 Å². The molecular weight excluding hydrogens is 369 g/mol. The van der Waals surface area contributed by atoms with E-state index < -0.39 is 0 Å². The summed E-state index contributed by atoms with van der Waals surface area (Å²) in [6, 6.07) is 17.0. The van der Waals surface area contributed by atoms with Gasteiger partial charge in [-0.2, -0.15) is 0 Å². The molecule has 0 saturated carbocycles. The predicted octanol–water partition coefficient (Wildman–Crippen LogP) is 4.97. The Labute approximate surface area is 161 Å². The van der Waals surface area contributed by atoms with E-state index in [4.69, 9.17) is 28.2 Å². The van der Waals surface area contributed by atoms with E-state index in [2.05, 4.69) is 10.3 Å². The summed E-state index contributed by atoms with van der Waals surface area (Å²) < 4.78 is 0. The molecule has 1 unspecified atom stereocenters. The van der Waals surface area contributed by atoms with Gasteiger partial charge in [0.1, 0.15) is 10.2 Å². The average molecular weight is 384 g/mol. The summed E-state index contributed by atoms with van der Waals surface area (Å²) in [4.78, 5) is 21.6. The molecule has 6 heteroatoms. The maximum absolute atomic E-state index is 12.4. The zero-order valence-corrected chi connectivity index (χ0v) is 15.3. The first kappa shape index (κ1) is 17.0. The fourth-order valence-electron chi connectivity index (χ4n) is 3.16. The normalized spacial score (nSPS) is 19.9. The van der Waals surface area contributed by atoms with Crippen LogP contribution in [0.1, 0.15) is 18.4 Å². The Hall–Kier alpha value is -2.43. The molecule has 2 heterocycles. The van der Waals surface area contributed by atoms with Crippen LogP contribution in [-0.4, -0.2) is 22.8 Å². The van der Waals surface area contributed by atoms with E-state index >= 15 is 0 Å². The molecule has 0 spiro atoms. The molecule has 0 fully saturated rings. The van der Waals surface area contributed by atoms with Gasteiger partial charge < -0.3 is 5.32 Å². The SMILES string of the molecule is O=C1NC(C2=Nc3ccccc3N=C(Cl)C2)CC(c2ccccc2)=C1Cl. The Morgan fingerprint density at radius 2 is 1.58 bits per heavy atom. The number of benzene rings is 2. The van der Waals surface area contributed by atoms with Crippen molar-refractivity contribution < 1.29 is 4.79 Å². The van der Waals surface area contributed by atoms with Crippen molar-refractivity contribution in [3.63, 3.8) is 0 Å². The summed E-state index contributed by atoms with van der Waals surface area (Å²) in [5, 5.41) is 3.61. The van der Waals surface area contributed by atoms with Crippen LogP contribution in [-0.2, 0) is 4.79 Å². The fraction of sp³-hybridized carbons (Fsp3) is 0.150. The molecule has 1 N–H and O–H groups in total. The minimum absolute atomic E-state index is 0.224. The number of nitrogens with one attached hydrogen (secondary N) is 1. The van der Waals surface area contributed by atoms with Crippen LogP contribution in [0.15, 0.2) is 69.6 Å². The molecule has 0 aliphatic carbocycles. The Balaban J connectivity index is 1.72. The van der Waals surface area contributed by atoms with Crippen LogP contribution in [0, 0.1) is 0 Å². The van der Waals surface area contributed by atoms with Gasteiger partial charge in [-0.05, 0) is 23.3 Å². The van der Waals surface area contributed by atoms with Crippen LogP contribution in [0.2, 0.25) is 0 Å². The molecule has 1 amide bonds. The van der Waals surface area contributed by atoms with E-state index in [0.29, 0.717) is 18.0 Å². The number of halogens is 2. The summed E-state index contributed by atoms with van der Waals surface area (Å²) in [7, 11) is 0. The highest BCUT2D eigenvalue weighted by molar-refractivity contribution is 6.67. The molecule has 1 atom stereocenters. The first-order chi connectivity index (χ1) is 12.6. The van der Waals surface area contributed by atoms with Crippen molar-refractivity contribution in [1.82, 2.24) is 5.32 Å². The summed E-state index contributed by atoms with van der Waals surface area (Å²) >= 11 is 12.6. The minimum Gasteiger partial charge on any atom is -0.343 e. The lowest BCUT2D eigenvalue weighted by atomic mass is 9.91. The van der Waals surface area contributed by atoms with Crippen LogP contribution in [0.25, 0.3) is 5.57 Å². The lowest BCUT2D eigenvalue weighted by Gasteiger charge is -2.27. The Morgan fingerprint density at radius 3 is 2.31 bits per heavy atom. The average Bonchev–Trinajstić information content (AvgIpc) is 2.82. The lowest BCUT2D eigenvalue weighted by molar-refractivity contribution is -0.117. The van der Waals surface area contributed by atoms with Crippen molar-refractivity contribution in [2.75, 3.05) is 0 Å². The molecule has 26 heavy (non-hydrogen) atoms. The molecule has 4 nitrogen and oxygen atoms in total. The molecule has 2 aliphatic heterocycles. The second-order valence-corrected chi connectivity index (χ2v) is 6.96. The molecule has 2 aliphatic rings. The highest BCUT2D eigenvalue weighted by atomic mass is 35.5. The smallest absolute Gasteiger partial charge is 0.263 e. The first-order valence-corrected chi connectivity index (χ1v) is 9.02. The minimum atomic E-state index is -0.296. The van der Waals surface area contributed by atoms with Crippen molar-refractivity contribution in [1.29, 1.82) is 0 Å². The van der Waals surface area contributed by atoms with Crippen molar-refractivity contribution in [3.05, 3.63) is 65.2 Å². The fourth-order valence-corrected chi connectivity index (χ4v) is 3.63. The van der Waals surface area contributed by atoms with E-state index in [1.165, 1.54) is 0 Å². The van der Waals surface area contributed by atoms with Crippen LogP contribution >= 0.6 is 23.2 Å². The highest BCUT2D eigenvalue weighted by Gasteiger charge is 2.30. The summed E-state index contributed by atoms with van der Waals surface area (Å²) in [6.45, 7) is 0. The summed E-state index contributed by atoms with van der Waals surface area (Å²) in [5.41, 5.74) is 4.00. The maximum Gasteiger partial charge on any atom is 0.263 e. The molecule has 2 aromatic carbocycles. The van der Waals surface area contributed by atoms with Gasteiger partial charge in [0, 0.05) is 18.6 Å². The van der Waals surface area contributed by atoms with Gasteiger partial charge in [-0.25, -0.2) is 4.99 Å². The highest BCUT2D eigenvalue weighted by Crippen LogP contribution is 2.34. The summed E-state index contributed by atoms with van der Waals surface area (Å²) in [5.74, 6) is -0.296. The zero-order valence-electron chi connectivity index (χ0n) is 13.7. The molecular formula is C20H15Cl2N3O. The van der Waals surface area contributed by atoms with Crippen LogP contribution in [0.5, 0.6) is 0 Å². The standard InChI is InChI=1S/C20H15Cl2N3O/c21-18-11-17(23-14-8-4-5-9-15(14)24-18)16-10-13(19(22)20(26)25-16)12-6-2-1-3-7-12/h1-9,16H,10-11H2,(H,25,26). The third-order valence-corrected chi connectivity index (χ3v) is 5.03. The number of nitrogens with zero attached hydrogens (tertiary/aromatic N) is 2. The third kappa shape index (κ3) is 3.30. The lowest BCUT2D eigenvalue weighted by Crippen LogP contribution is -2.44. The summed E-state index contributed by atoms with van der Waals surface area (Å²) in [6.07, 6.45) is 0.945. The van der Waals surface area contributed by atoms with Gasteiger partial charge in [0.15, 0.2) is 0 Å². The topological polar surface area (TPSA) is 53.8 Å². The monoisotopic (exact) mass is 383 g/mol. The number of fused-ring (bicyclic) bond motifs is 1. The Bertz CT molecular complexity index is 964.